The minimum atomic E-state index is -0.821. The first kappa shape index (κ1) is 25.0. The van der Waals surface area contributed by atoms with Crippen LogP contribution in [0, 0.1) is 0 Å². The zero-order valence-corrected chi connectivity index (χ0v) is 21.4. The number of pyridine rings is 1. The van der Waals surface area contributed by atoms with Crippen LogP contribution >= 0.6 is 0 Å². The van der Waals surface area contributed by atoms with Gasteiger partial charge >= 0.3 is 5.97 Å². The average Bonchev–Trinajstić information content (AvgIpc) is 2.87. The first-order valence-corrected chi connectivity index (χ1v) is 12.8. The zero-order valence-electron chi connectivity index (χ0n) is 21.4. The summed E-state index contributed by atoms with van der Waals surface area (Å²) in [4.78, 5) is 15.5. The fourth-order valence-electron chi connectivity index (χ4n) is 5.68. The second-order valence-corrected chi connectivity index (χ2v) is 10.5. The second-order valence-electron chi connectivity index (χ2n) is 10.5. The van der Waals surface area contributed by atoms with E-state index in [2.05, 4.69) is 50.9 Å². The van der Waals surface area contributed by atoms with Crippen molar-refractivity contribution in [3.63, 3.8) is 0 Å². The second kappa shape index (κ2) is 10.2. The molecule has 0 unspecified atom stereocenters. The Balaban J connectivity index is 1.52. The van der Waals surface area contributed by atoms with Crippen molar-refractivity contribution in [2.45, 2.75) is 83.2 Å². The van der Waals surface area contributed by atoms with E-state index in [1.807, 2.05) is 36.4 Å². The molecule has 1 aliphatic rings. The molecule has 0 radical (unpaired) electrons. The predicted molar refractivity (Wildman–Crippen MR) is 140 cm³/mol. The number of rotatable bonds is 9. The van der Waals surface area contributed by atoms with Crippen molar-refractivity contribution in [2.75, 3.05) is 0 Å². The summed E-state index contributed by atoms with van der Waals surface area (Å²) >= 11 is 0. The fraction of sp³-hybridized carbons (Fsp3) is 0.419. The van der Waals surface area contributed by atoms with Gasteiger partial charge in [-0.1, -0.05) is 58.0 Å². The van der Waals surface area contributed by atoms with Crippen molar-refractivity contribution >= 4 is 5.97 Å². The number of carboxylic acids is 1. The summed E-state index contributed by atoms with van der Waals surface area (Å²) in [5, 5.41) is 9.42. The molecular weight excluding hydrogens is 434 g/mol. The Kier molecular flexibility index (Phi) is 7.30. The number of fused-ring (bicyclic) bond motifs is 1. The maximum absolute atomic E-state index is 11.5. The number of aliphatic carboxylic acids is 1. The first-order valence-electron chi connectivity index (χ1n) is 12.8. The third kappa shape index (κ3) is 5.27. The van der Waals surface area contributed by atoms with E-state index in [0.29, 0.717) is 6.61 Å². The van der Waals surface area contributed by atoms with Crippen LogP contribution in [0.15, 0.2) is 67.0 Å². The van der Waals surface area contributed by atoms with E-state index in [-0.39, 0.29) is 23.2 Å². The molecule has 35 heavy (non-hydrogen) atoms. The van der Waals surface area contributed by atoms with E-state index in [9.17, 15) is 9.90 Å². The summed E-state index contributed by atoms with van der Waals surface area (Å²) in [5.41, 5.74) is 6.55. The van der Waals surface area contributed by atoms with Crippen molar-refractivity contribution in [2.24, 2.45) is 0 Å². The van der Waals surface area contributed by atoms with Crippen molar-refractivity contribution in [1.29, 1.82) is 0 Å². The SMILES string of the molecule is CCC1(CC)CCC(C)(C)c2ccc(COc3ccc([C@H](CC(=O)O)c4ccncc4)cc3)cc21. The van der Waals surface area contributed by atoms with Crippen LogP contribution in [-0.4, -0.2) is 16.1 Å². The number of carboxylic acid groups (broad SMARTS) is 1. The lowest BCUT2D eigenvalue weighted by Gasteiger charge is -2.45. The van der Waals surface area contributed by atoms with Gasteiger partial charge in [-0.15, -0.1) is 0 Å². The standard InChI is InChI=1S/C31H37NO3/c1-5-31(6-2)16-15-30(3,4)27-12-7-22(19-28(27)31)21-35-25-10-8-23(9-11-25)26(20-29(33)34)24-13-17-32-18-14-24/h7-14,17-19,26H,5-6,15-16,20-21H2,1-4H3,(H,33,34)/t26-/m0/s1. The highest BCUT2D eigenvalue weighted by molar-refractivity contribution is 5.69. The van der Waals surface area contributed by atoms with Gasteiger partial charge in [0.15, 0.2) is 0 Å². The van der Waals surface area contributed by atoms with E-state index < -0.39 is 5.97 Å². The molecule has 0 bridgehead atoms. The van der Waals surface area contributed by atoms with Crippen molar-refractivity contribution in [3.8, 4) is 5.75 Å². The minimum Gasteiger partial charge on any atom is -0.489 e. The number of hydrogen-bond donors (Lipinski definition) is 1. The zero-order chi connectivity index (χ0) is 25.1. The maximum Gasteiger partial charge on any atom is 0.304 e. The highest BCUT2D eigenvalue weighted by atomic mass is 16.5. The summed E-state index contributed by atoms with van der Waals surface area (Å²) in [6, 6.07) is 18.5. The van der Waals surface area contributed by atoms with Gasteiger partial charge in [0.1, 0.15) is 12.4 Å². The Morgan fingerprint density at radius 1 is 0.943 bits per heavy atom. The molecule has 1 aromatic heterocycles. The van der Waals surface area contributed by atoms with Crippen LogP contribution in [-0.2, 0) is 22.2 Å². The normalized spacial score (nSPS) is 16.8. The first-order chi connectivity index (χ1) is 16.8. The van der Waals surface area contributed by atoms with E-state index >= 15 is 0 Å². The summed E-state index contributed by atoms with van der Waals surface area (Å²) in [7, 11) is 0. The average molecular weight is 472 g/mol. The fourth-order valence-corrected chi connectivity index (χ4v) is 5.68. The lowest BCUT2D eigenvalue weighted by Crippen LogP contribution is -2.37. The van der Waals surface area contributed by atoms with Crippen LogP contribution in [0.25, 0.3) is 0 Å². The van der Waals surface area contributed by atoms with Gasteiger partial charge in [0.25, 0.3) is 0 Å². The molecule has 184 valence electrons. The molecule has 0 aliphatic heterocycles. The topological polar surface area (TPSA) is 59.4 Å². The molecule has 0 amide bonds. The van der Waals surface area contributed by atoms with Crippen molar-refractivity contribution in [1.82, 2.24) is 4.98 Å². The van der Waals surface area contributed by atoms with Gasteiger partial charge in [0.05, 0.1) is 6.42 Å². The molecular formula is C31H37NO3. The highest BCUT2D eigenvalue weighted by Crippen LogP contribution is 2.49. The van der Waals surface area contributed by atoms with Crippen LogP contribution < -0.4 is 4.74 Å². The summed E-state index contributed by atoms with van der Waals surface area (Å²) in [6.07, 6.45) is 8.22. The molecule has 0 saturated heterocycles. The largest absolute Gasteiger partial charge is 0.489 e. The summed E-state index contributed by atoms with van der Waals surface area (Å²) in [5.74, 6) is -0.254. The van der Waals surface area contributed by atoms with E-state index in [1.54, 1.807) is 12.4 Å². The molecule has 0 spiro atoms. The van der Waals surface area contributed by atoms with Gasteiger partial charge in [-0.2, -0.15) is 0 Å². The number of nitrogens with zero attached hydrogens (tertiary/aromatic N) is 1. The predicted octanol–water partition coefficient (Wildman–Crippen LogP) is 7.40. The van der Waals surface area contributed by atoms with Gasteiger partial charge in [0.2, 0.25) is 0 Å². The molecule has 0 saturated carbocycles. The molecule has 0 fully saturated rings. The van der Waals surface area contributed by atoms with Crippen molar-refractivity contribution in [3.05, 3.63) is 94.8 Å². The van der Waals surface area contributed by atoms with Crippen LogP contribution in [0.5, 0.6) is 5.75 Å². The Bertz CT molecular complexity index is 1150. The van der Waals surface area contributed by atoms with E-state index in [0.717, 1.165) is 29.7 Å². The Labute approximate surface area is 209 Å². The molecule has 1 aliphatic carbocycles. The summed E-state index contributed by atoms with van der Waals surface area (Å²) in [6.45, 7) is 9.88. The molecule has 4 heteroatoms. The quantitative estimate of drug-likeness (QED) is 0.353. The third-order valence-corrected chi connectivity index (χ3v) is 8.14. The number of carbonyl (C=O) groups is 1. The van der Waals surface area contributed by atoms with E-state index in [1.165, 1.54) is 29.5 Å². The molecule has 4 rings (SSSR count). The molecule has 4 nitrogen and oxygen atoms in total. The van der Waals surface area contributed by atoms with Crippen LogP contribution in [0.2, 0.25) is 0 Å². The molecule has 2 aromatic carbocycles. The van der Waals surface area contributed by atoms with Gasteiger partial charge in [-0.05, 0) is 88.6 Å². The third-order valence-electron chi connectivity index (χ3n) is 8.14. The Morgan fingerprint density at radius 2 is 1.60 bits per heavy atom. The van der Waals surface area contributed by atoms with Crippen molar-refractivity contribution < 1.29 is 14.6 Å². The van der Waals surface area contributed by atoms with Gasteiger partial charge in [-0.3, -0.25) is 9.78 Å². The molecule has 1 N–H and O–H groups in total. The number of ether oxygens (including phenoxy) is 1. The lowest BCUT2D eigenvalue weighted by molar-refractivity contribution is -0.137. The highest BCUT2D eigenvalue weighted by Gasteiger charge is 2.40. The van der Waals surface area contributed by atoms with Gasteiger partial charge < -0.3 is 9.84 Å². The van der Waals surface area contributed by atoms with Gasteiger partial charge in [-0.25, -0.2) is 0 Å². The monoisotopic (exact) mass is 471 g/mol. The smallest absolute Gasteiger partial charge is 0.304 e. The molecule has 1 atom stereocenters. The number of hydrogen-bond acceptors (Lipinski definition) is 3. The van der Waals surface area contributed by atoms with Crippen LogP contribution in [0.4, 0.5) is 0 Å². The van der Waals surface area contributed by atoms with Crippen LogP contribution in [0.3, 0.4) is 0 Å². The van der Waals surface area contributed by atoms with E-state index in [4.69, 9.17) is 4.74 Å². The van der Waals surface area contributed by atoms with Crippen LogP contribution in [0.1, 0.15) is 93.5 Å². The maximum atomic E-state index is 11.5. The number of benzene rings is 2. The lowest BCUT2D eigenvalue weighted by atomic mass is 9.59. The summed E-state index contributed by atoms with van der Waals surface area (Å²) < 4.78 is 6.17. The Morgan fingerprint density at radius 3 is 2.23 bits per heavy atom. The molecule has 3 aromatic rings. The minimum absolute atomic E-state index is 0.0340. The number of aromatic nitrogens is 1. The van der Waals surface area contributed by atoms with Gasteiger partial charge in [0, 0.05) is 18.3 Å². The molecule has 1 heterocycles. The Hall–Kier alpha value is -3.14.